The highest BCUT2D eigenvalue weighted by Crippen LogP contribution is 2.37. The molecular weight excluding hydrogens is 422 g/mol. The maximum absolute atomic E-state index is 13.7. The molecule has 0 bridgehead atoms. The Morgan fingerprint density at radius 2 is 1.47 bits per heavy atom. The highest BCUT2D eigenvalue weighted by molar-refractivity contribution is 7.11. The van der Waals surface area contributed by atoms with Crippen LogP contribution < -0.4 is 4.90 Å². The zero-order chi connectivity index (χ0) is 21.9. The minimum absolute atomic E-state index is 0.0155. The summed E-state index contributed by atoms with van der Waals surface area (Å²) < 4.78 is 0. The summed E-state index contributed by atoms with van der Waals surface area (Å²) in [4.78, 5) is 42.8. The summed E-state index contributed by atoms with van der Waals surface area (Å²) in [6.45, 7) is 2.77. The van der Waals surface area contributed by atoms with Crippen LogP contribution in [0.2, 0.25) is 0 Å². The van der Waals surface area contributed by atoms with Gasteiger partial charge in [0.2, 0.25) is 5.95 Å². The van der Waals surface area contributed by atoms with Gasteiger partial charge in [0.25, 0.3) is 11.8 Å². The van der Waals surface area contributed by atoms with Crippen LogP contribution in [0.1, 0.15) is 49.8 Å². The minimum Gasteiger partial charge on any atom is -0.363 e. The molecule has 2 aliphatic heterocycles. The van der Waals surface area contributed by atoms with E-state index in [-0.39, 0.29) is 17.9 Å². The molecule has 0 unspecified atom stereocenters. The number of hydrogen-bond donors (Lipinski definition) is 0. The fourth-order valence-electron chi connectivity index (χ4n) is 5.08. The predicted octanol–water partition coefficient (Wildman–Crippen LogP) is 3.55. The molecule has 0 atom stereocenters. The molecule has 7 nitrogen and oxygen atoms in total. The van der Waals surface area contributed by atoms with E-state index in [0.29, 0.717) is 30.3 Å². The molecule has 1 saturated heterocycles. The number of imide groups is 1. The molecule has 2 fully saturated rings. The summed E-state index contributed by atoms with van der Waals surface area (Å²) in [6.07, 6.45) is 11.1. The van der Waals surface area contributed by atoms with Gasteiger partial charge in [-0.3, -0.25) is 14.5 Å². The van der Waals surface area contributed by atoms with Crippen molar-refractivity contribution in [1.82, 2.24) is 19.8 Å². The number of amides is 2. The predicted molar refractivity (Wildman–Crippen MR) is 125 cm³/mol. The average Bonchev–Trinajstić information content (AvgIpc) is 3.41. The molecule has 4 heterocycles. The SMILES string of the molecule is O=C1C(c2cccs2)=C(N2CCN(c3ncccn3)CC2)C(=O)N1C1CCCCCCC1. The molecule has 0 spiro atoms. The quantitative estimate of drug-likeness (QED) is 0.662. The zero-order valence-electron chi connectivity index (χ0n) is 18.3. The van der Waals surface area contributed by atoms with E-state index in [4.69, 9.17) is 0 Å². The van der Waals surface area contributed by atoms with Crippen molar-refractivity contribution in [2.45, 2.75) is 51.0 Å². The van der Waals surface area contributed by atoms with E-state index in [2.05, 4.69) is 19.8 Å². The fourth-order valence-corrected chi connectivity index (χ4v) is 5.84. The second-order valence-corrected chi connectivity index (χ2v) is 9.65. The van der Waals surface area contributed by atoms with E-state index in [1.165, 1.54) is 30.6 Å². The van der Waals surface area contributed by atoms with Crippen LogP contribution in [0.25, 0.3) is 5.57 Å². The Balaban J connectivity index is 1.41. The largest absolute Gasteiger partial charge is 0.363 e. The summed E-state index contributed by atoms with van der Waals surface area (Å²) in [7, 11) is 0. The highest BCUT2D eigenvalue weighted by Gasteiger charge is 2.45. The van der Waals surface area contributed by atoms with Gasteiger partial charge in [-0.05, 0) is 30.4 Å². The number of rotatable bonds is 4. The van der Waals surface area contributed by atoms with Crippen LogP contribution in [0.3, 0.4) is 0 Å². The number of aromatic nitrogens is 2. The Bertz CT molecular complexity index is 975. The average molecular weight is 452 g/mol. The number of thiophene rings is 1. The van der Waals surface area contributed by atoms with Crippen LogP contribution in [0.4, 0.5) is 5.95 Å². The van der Waals surface area contributed by atoms with Crippen molar-refractivity contribution in [1.29, 1.82) is 0 Å². The van der Waals surface area contributed by atoms with Gasteiger partial charge in [-0.2, -0.15) is 0 Å². The molecule has 0 aromatic carbocycles. The van der Waals surface area contributed by atoms with Crippen LogP contribution in [0.15, 0.2) is 41.7 Å². The first-order valence-electron chi connectivity index (χ1n) is 11.7. The Morgan fingerprint density at radius 1 is 0.812 bits per heavy atom. The topological polar surface area (TPSA) is 69.6 Å². The summed E-state index contributed by atoms with van der Waals surface area (Å²) in [5, 5.41) is 1.97. The number of carbonyl (C=O) groups is 2. The molecule has 0 radical (unpaired) electrons. The van der Waals surface area contributed by atoms with E-state index in [9.17, 15) is 9.59 Å². The fraction of sp³-hybridized carbons (Fsp3) is 0.500. The van der Waals surface area contributed by atoms with Gasteiger partial charge in [0.05, 0.1) is 5.57 Å². The number of hydrogen-bond acceptors (Lipinski definition) is 7. The highest BCUT2D eigenvalue weighted by atomic mass is 32.1. The van der Waals surface area contributed by atoms with Crippen molar-refractivity contribution in [3.8, 4) is 0 Å². The monoisotopic (exact) mass is 451 g/mol. The third-order valence-corrected chi connectivity index (χ3v) is 7.62. The van der Waals surface area contributed by atoms with Crippen LogP contribution in [0, 0.1) is 0 Å². The lowest BCUT2D eigenvalue weighted by Crippen LogP contribution is -2.49. The third kappa shape index (κ3) is 4.03. The first-order valence-corrected chi connectivity index (χ1v) is 12.5. The molecule has 8 heteroatoms. The molecule has 0 N–H and O–H groups in total. The van der Waals surface area contributed by atoms with Crippen LogP contribution in [0.5, 0.6) is 0 Å². The lowest BCUT2D eigenvalue weighted by molar-refractivity contribution is -0.140. The van der Waals surface area contributed by atoms with Gasteiger partial charge in [-0.15, -0.1) is 11.3 Å². The van der Waals surface area contributed by atoms with Gasteiger partial charge in [-0.25, -0.2) is 9.97 Å². The molecule has 5 rings (SSSR count). The molecular formula is C24H29N5O2S. The molecule has 2 aromatic rings. The standard InChI is InChI=1S/C24H29N5O2S/c30-22-20(19-10-6-17-32-19)21(23(31)29(22)18-8-4-2-1-3-5-9-18)27-13-15-28(16-14-27)24-25-11-7-12-26-24/h6-7,10-12,17-18H,1-5,8-9,13-16H2. The first-order chi connectivity index (χ1) is 15.7. The first kappa shape index (κ1) is 21.1. The molecule has 3 aliphatic rings. The molecule has 1 aliphatic carbocycles. The molecule has 2 amide bonds. The van der Waals surface area contributed by atoms with Crippen molar-refractivity contribution >= 4 is 34.7 Å². The van der Waals surface area contributed by atoms with E-state index in [1.54, 1.807) is 17.3 Å². The Hall–Kier alpha value is -2.74. The Morgan fingerprint density at radius 3 is 2.12 bits per heavy atom. The van der Waals surface area contributed by atoms with Crippen molar-refractivity contribution in [2.75, 3.05) is 31.1 Å². The van der Waals surface area contributed by atoms with Gasteiger partial charge in [-0.1, -0.05) is 38.2 Å². The van der Waals surface area contributed by atoms with Gasteiger partial charge in [0.1, 0.15) is 5.70 Å². The molecule has 168 valence electrons. The zero-order valence-corrected chi connectivity index (χ0v) is 19.1. The van der Waals surface area contributed by atoms with Gasteiger partial charge in [0, 0.05) is 49.5 Å². The van der Waals surface area contributed by atoms with Crippen molar-refractivity contribution in [2.24, 2.45) is 0 Å². The minimum atomic E-state index is -0.105. The van der Waals surface area contributed by atoms with E-state index in [0.717, 1.165) is 43.6 Å². The maximum atomic E-state index is 13.7. The van der Waals surface area contributed by atoms with E-state index >= 15 is 0 Å². The second kappa shape index (κ2) is 9.40. The molecule has 1 saturated carbocycles. The summed E-state index contributed by atoms with van der Waals surface area (Å²) in [5.74, 6) is 0.504. The van der Waals surface area contributed by atoms with Gasteiger partial charge < -0.3 is 9.80 Å². The molecule has 32 heavy (non-hydrogen) atoms. The van der Waals surface area contributed by atoms with Crippen LogP contribution in [-0.4, -0.2) is 63.8 Å². The summed E-state index contributed by atoms with van der Waals surface area (Å²) in [5.41, 5.74) is 1.18. The van der Waals surface area contributed by atoms with E-state index < -0.39 is 0 Å². The molecule has 2 aromatic heterocycles. The van der Waals surface area contributed by atoms with E-state index in [1.807, 2.05) is 23.6 Å². The third-order valence-electron chi connectivity index (χ3n) is 6.73. The number of piperazine rings is 1. The van der Waals surface area contributed by atoms with Crippen LogP contribution in [-0.2, 0) is 9.59 Å². The normalized spacial score (nSPS) is 21.3. The number of carbonyl (C=O) groups excluding carboxylic acids is 2. The Labute approximate surface area is 192 Å². The smallest absolute Gasteiger partial charge is 0.278 e. The summed E-state index contributed by atoms with van der Waals surface area (Å²) in [6, 6.07) is 5.73. The van der Waals surface area contributed by atoms with Gasteiger partial charge in [0.15, 0.2) is 0 Å². The summed E-state index contributed by atoms with van der Waals surface area (Å²) >= 11 is 1.53. The van der Waals surface area contributed by atoms with Crippen molar-refractivity contribution in [3.63, 3.8) is 0 Å². The maximum Gasteiger partial charge on any atom is 0.278 e. The second-order valence-electron chi connectivity index (χ2n) is 8.70. The lowest BCUT2D eigenvalue weighted by Gasteiger charge is -2.36. The van der Waals surface area contributed by atoms with Crippen LogP contribution >= 0.6 is 11.3 Å². The van der Waals surface area contributed by atoms with Gasteiger partial charge >= 0.3 is 0 Å². The van der Waals surface area contributed by atoms with Crippen molar-refractivity contribution in [3.05, 3.63) is 46.5 Å². The number of anilines is 1. The Kier molecular flexibility index (Phi) is 6.21. The lowest BCUT2D eigenvalue weighted by atomic mass is 9.95. The number of nitrogens with zero attached hydrogens (tertiary/aromatic N) is 5. The van der Waals surface area contributed by atoms with Crippen molar-refractivity contribution < 1.29 is 9.59 Å².